The molecule has 0 radical (unpaired) electrons. The van der Waals surface area contributed by atoms with E-state index in [2.05, 4.69) is 55.4 Å². The number of rotatable bonds is 7. The molecule has 0 bridgehead atoms. The van der Waals surface area contributed by atoms with Crippen LogP contribution >= 0.6 is 0 Å². The Morgan fingerprint density at radius 3 is 1.59 bits per heavy atom. The lowest BCUT2D eigenvalue weighted by atomic mass is 9.64. The molecule has 0 fully saturated rings. The minimum absolute atomic E-state index is 0.409. The van der Waals surface area contributed by atoms with E-state index < -0.39 is 0 Å². The summed E-state index contributed by atoms with van der Waals surface area (Å²) in [7, 11) is 0. The van der Waals surface area contributed by atoms with Gasteiger partial charge in [-0.15, -0.1) is 0 Å². The van der Waals surface area contributed by atoms with Crippen molar-refractivity contribution in [3.05, 3.63) is 0 Å². The fraction of sp³-hybridized carbons (Fsp3) is 1.00. The molecule has 0 aromatic heterocycles. The third kappa shape index (κ3) is 5.44. The summed E-state index contributed by atoms with van der Waals surface area (Å²) in [5.74, 6) is 0. The molecule has 0 spiro atoms. The van der Waals surface area contributed by atoms with Crippen LogP contribution in [0.1, 0.15) is 93.9 Å². The first-order chi connectivity index (χ1) is 7.58. The van der Waals surface area contributed by atoms with Crippen LogP contribution in [0, 0.1) is 16.2 Å². The van der Waals surface area contributed by atoms with Gasteiger partial charge in [0.25, 0.3) is 0 Å². The average Bonchev–Trinajstić information content (AvgIpc) is 2.22. The SMILES string of the molecule is CCCCC(C)(CC)CCC(C)(C)C(C)(C)C. The maximum absolute atomic E-state index is 2.49. The summed E-state index contributed by atoms with van der Waals surface area (Å²) < 4.78 is 0. The van der Waals surface area contributed by atoms with Crippen LogP contribution in [0.25, 0.3) is 0 Å². The zero-order chi connectivity index (χ0) is 13.7. The maximum atomic E-state index is 2.49. The Balaban J connectivity index is 4.41. The summed E-state index contributed by atoms with van der Waals surface area (Å²) >= 11 is 0. The van der Waals surface area contributed by atoms with Gasteiger partial charge in [0.15, 0.2) is 0 Å². The molecule has 0 saturated carbocycles. The Labute approximate surface area is 111 Å². The minimum Gasteiger partial charge on any atom is -0.0654 e. The van der Waals surface area contributed by atoms with Crippen molar-refractivity contribution in [2.24, 2.45) is 16.2 Å². The highest BCUT2D eigenvalue weighted by Crippen LogP contribution is 2.45. The van der Waals surface area contributed by atoms with Gasteiger partial charge in [-0.1, -0.05) is 74.7 Å². The molecule has 0 aliphatic heterocycles. The van der Waals surface area contributed by atoms with Crippen LogP contribution in [0.4, 0.5) is 0 Å². The van der Waals surface area contributed by atoms with Crippen LogP contribution in [0.15, 0.2) is 0 Å². The second-order valence-electron chi connectivity index (χ2n) is 7.90. The highest BCUT2D eigenvalue weighted by atomic mass is 14.4. The second kappa shape index (κ2) is 6.25. The number of hydrogen-bond acceptors (Lipinski definition) is 0. The minimum atomic E-state index is 0.409. The van der Waals surface area contributed by atoms with Crippen LogP contribution in [0.5, 0.6) is 0 Å². The molecular weight excluding hydrogens is 204 g/mol. The van der Waals surface area contributed by atoms with Crippen molar-refractivity contribution in [3.8, 4) is 0 Å². The molecule has 1 atom stereocenters. The van der Waals surface area contributed by atoms with E-state index >= 15 is 0 Å². The molecule has 17 heavy (non-hydrogen) atoms. The molecule has 0 nitrogen and oxygen atoms in total. The highest BCUT2D eigenvalue weighted by Gasteiger charge is 2.34. The summed E-state index contributed by atoms with van der Waals surface area (Å²) in [6.45, 7) is 19.1. The third-order valence-corrected chi connectivity index (χ3v) is 5.37. The number of hydrogen-bond donors (Lipinski definition) is 0. The second-order valence-corrected chi connectivity index (χ2v) is 7.90. The van der Waals surface area contributed by atoms with Crippen LogP contribution in [0.2, 0.25) is 0 Å². The first-order valence-electron chi connectivity index (χ1n) is 7.58. The molecule has 0 heterocycles. The third-order valence-electron chi connectivity index (χ3n) is 5.37. The van der Waals surface area contributed by atoms with Crippen molar-refractivity contribution in [1.82, 2.24) is 0 Å². The quantitative estimate of drug-likeness (QED) is 0.480. The summed E-state index contributed by atoms with van der Waals surface area (Å²) in [6.07, 6.45) is 8.18. The Hall–Kier alpha value is 0. The van der Waals surface area contributed by atoms with Gasteiger partial charge in [0.1, 0.15) is 0 Å². The predicted octanol–water partition coefficient (Wildman–Crippen LogP) is 6.45. The lowest BCUT2D eigenvalue weighted by molar-refractivity contribution is 0.0905. The van der Waals surface area contributed by atoms with Crippen LogP contribution < -0.4 is 0 Å². The van der Waals surface area contributed by atoms with Crippen molar-refractivity contribution >= 4 is 0 Å². The zero-order valence-corrected chi connectivity index (χ0v) is 13.7. The van der Waals surface area contributed by atoms with Crippen LogP contribution in [-0.2, 0) is 0 Å². The van der Waals surface area contributed by atoms with Gasteiger partial charge >= 0.3 is 0 Å². The van der Waals surface area contributed by atoms with Crippen LogP contribution in [0.3, 0.4) is 0 Å². The van der Waals surface area contributed by atoms with E-state index in [-0.39, 0.29) is 0 Å². The fourth-order valence-corrected chi connectivity index (χ4v) is 2.07. The van der Waals surface area contributed by atoms with E-state index in [1.165, 1.54) is 38.5 Å². The summed E-state index contributed by atoms with van der Waals surface area (Å²) in [5, 5.41) is 0. The Morgan fingerprint density at radius 1 is 0.706 bits per heavy atom. The van der Waals surface area contributed by atoms with Crippen molar-refractivity contribution in [2.75, 3.05) is 0 Å². The normalized spacial score (nSPS) is 16.9. The Morgan fingerprint density at radius 2 is 1.24 bits per heavy atom. The van der Waals surface area contributed by atoms with Gasteiger partial charge in [-0.05, 0) is 35.5 Å². The first kappa shape index (κ1) is 17.0. The molecule has 0 aliphatic carbocycles. The standard InChI is InChI=1S/C17H36/c1-9-11-12-17(8,10-2)14-13-16(6,7)15(3,4)5/h9-14H2,1-8H3. The van der Waals surface area contributed by atoms with Gasteiger partial charge in [0.05, 0.1) is 0 Å². The molecule has 0 amide bonds. The summed E-state index contributed by atoms with van der Waals surface area (Å²) in [6, 6.07) is 0. The van der Waals surface area contributed by atoms with E-state index in [0.717, 1.165) is 0 Å². The van der Waals surface area contributed by atoms with Gasteiger partial charge in [0.2, 0.25) is 0 Å². The predicted molar refractivity (Wildman–Crippen MR) is 80.4 cm³/mol. The fourth-order valence-electron chi connectivity index (χ4n) is 2.07. The average molecular weight is 240 g/mol. The van der Waals surface area contributed by atoms with Crippen molar-refractivity contribution < 1.29 is 0 Å². The largest absolute Gasteiger partial charge is 0.0654 e. The van der Waals surface area contributed by atoms with Crippen molar-refractivity contribution in [2.45, 2.75) is 93.9 Å². The smallest absolute Gasteiger partial charge is 0.0305 e. The molecule has 0 aliphatic rings. The Bertz CT molecular complexity index is 207. The lowest BCUT2D eigenvalue weighted by Crippen LogP contribution is -2.31. The monoisotopic (exact) mass is 240 g/mol. The molecule has 0 rings (SSSR count). The summed E-state index contributed by atoms with van der Waals surface area (Å²) in [4.78, 5) is 0. The van der Waals surface area contributed by atoms with Crippen LogP contribution in [-0.4, -0.2) is 0 Å². The molecule has 0 saturated heterocycles. The molecule has 0 aromatic carbocycles. The topological polar surface area (TPSA) is 0 Å². The van der Waals surface area contributed by atoms with Crippen molar-refractivity contribution in [3.63, 3.8) is 0 Å². The highest BCUT2D eigenvalue weighted by molar-refractivity contribution is 4.85. The lowest BCUT2D eigenvalue weighted by Gasteiger charge is -2.41. The molecule has 0 aromatic rings. The van der Waals surface area contributed by atoms with E-state index in [0.29, 0.717) is 16.2 Å². The molecule has 0 N–H and O–H groups in total. The van der Waals surface area contributed by atoms with E-state index in [1.807, 2.05) is 0 Å². The van der Waals surface area contributed by atoms with E-state index in [1.54, 1.807) is 0 Å². The molecule has 0 heteroatoms. The first-order valence-corrected chi connectivity index (χ1v) is 7.58. The summed E-state index contributed by atoms with van der Waals surface area (Å²) in [5.41, 5.74) is 1.42. The molecule has 1 unspecified atom stereocenters. The van der Waals surface area contributed by atoms with E-state index in [9.17, 15) is 0 Å². The van der Waals surface area contributed by atoms with E-state index in [4.69, 9.17) is 0 Å². The Kier molecular flexibility index (Phi) is 6.25. The molecule has 104 valence electrons. The maximum Gasteiger partial charge on any atom is -0.0305 e. The van der Waals surface area contributed by atoms with Gasteiger partial charge < -0.3 is 0 Å². The zero-order valence-electron chi connectivity index (χ0n) is 13.7. The van der Waals surface area contributed by atoms with Gasteiger partial charge in [0, 0.05) is 0 Å². The van der Waals surface area contributed by atoms with Gasteiger partial charge in [-0.25, -0.2) is 0 Å². The van der Waals surface area contributed by atoms with Gasteiger partial charge in [-0.2, -0.15) is 0 Å². The van der Waals surface area contributed by atoms with Gasteiger partial charge in [-0.3, -0.25) is 0 Å². The number of unbranched alkanes of at least 4 members (excludes halogenated alkanes) is 1. The van der Waals surface area contributed by atoms with Crippen molar-refractivity contribution in [1.29, 1.82) is 0 Å². The molecular formula is C17H36.